The molecule has 5 nitrogen and oxygen atoms in total. The molecule has 0 spiro atoms. The van der Waals surface area contributed by atoms with Crippen LogP contribution < -0.4 is 0 Å². The first-order valence-electron chi connectivity index (χ1n) is 7.97. The van der Waals surface area contributed by atoms with Gasteiger partial charge in [-0.05, 0) is 25.1 Å². The largest absolute Gasteiger partial charge is 0.350 e. The molecule has 0 saturated heterocycles. The van der Waals surface area contributed by atoms with E-state index in [0.29, 0.717) is 0 Å². The molecule has 0 fully saturated rings. The average Bonchev–Trinajstić information content (AvgIpc) is 3.23. The van der Waals surface area contributed by atoms with Gasteiger partial charge >= 0.3 is 0 Å². The van der Waals surface area contributed by atoms with Gasteiger partial charge in [0, 0.05) is 59.9 Å². The van der Waals surface area contributed by atoms with E-state index in [1.54, 1.807) is 0 Å². The number of rotatable bonds is 1. The third-order valence-electron chi connectivity index (χ3n) is 4.77. The second-order valence-corrected chi connectivity index (χ2v) is 6.45. The molecular weight excluding hydrogens is 298 g/mol. The first-order chi connectivity index (χ1) is 11.6. The minimum Gasteiger partial charge on any atom is -0.350 e. The van der Waals surface area contributed by atoms with Crippen molar-refractivity contribution in [3.8, 4) is 11.3 Å². The fourth-order valence-electron chi connectivity index (χ4n) is 3.59. The van der Waals surface area contributed by atoms with E-state index >= 15 is 0 Å². The van der Waals surface area contributed by atoms with Gasteiger partial charge in [-0.25, -0.2) is 9.97 Å². The van der Waals surface area contributed by atoms with Crippen molar-refractivity contribution >= 4 is 32.8 Å². The number of pyridine rings is 1. The van der Waals surface area contributed by atoms with Gasteiger partial charge in [-0.2, -0.15) is 0 Å². The van der Waals surface area contributed by atoms with Crippen molar-refractivity contribution in [2.45, 2.75) is 6.92 Å². The lowest BCUT2D eigenvalue weighted by molar-refractivity contribution is 0.799. The molecule has 1 N–H and O–H groups in total. The Morgan fingerprint density at radius 3 is 2.83 bits per heavy atom. The van der Waals surface area contributed by atoms with Crippen LogP contribution in [0.3, 0.4) is 0 Å². The number of H-pyrrole nitrogens is 1. The van der Waals surface area contributed by atoms with Gasteiger partial charge in [0.15, 0.2) is 5.65 Å². The third kappa shape index (κ3) is 1.69. The predicted molar refractivity (Wildman–Crippen MR) is 97.0 cm³/mol. The van der Waals surface area contributed by atoms with Crippen LogP contribution in [0.1, 0.15) is 5.56 Å². The summed E-state index contributed by atoms with van der Waals surface area (Å²) in [5.74, 6) is 0. The van der Waals surface area contributed by atoms with Gasteiger partial charge in [0.1, 0.15) is 0 Å². The van der Waals surface area contributed by atoms with Crippen LogP contribution in [-0.2, 0) is 14.1 Å². The van der Waals surface area contributed by atoms with Crippen molar-refractivity contribution in [1.29, 1.82) is 0 Å². The van der Waals surface area contributed by atoms with Crippen molar-refractivity contribution in [2.24, 2.45) is 14.1 Å². The molecule has 5 aromatic rings. The van der Waals surface area contributed by atoms with E-state index in [-0.39, 0.29) is 0 Å². The van der Waals surface area contributed by atoms with E-state index in [1.807, 2.05) is 24.1 Å². The number of nitrogens with zero attached hydrogens (tertiary/aromatic N) is 4. The monoisotopic (exact) mass is 315 g/mol. The average molecular weight is 315 g/mol. The van der Waals surface area contributed by atoms with Crippen LogP contribution in [-0.4, -0.2) is 24.3 Å². The summed E-state index contributed by atoms with van der Waals surface area (Å²) in [5, 5.41) is 6.61. The summed E-state index contributed by atoms with van der Waals surface area (Å²) in [6.07, 6.45) is 5.99. The molecule has 118 valence electrons. The fraction of sp³-hybridized carbons (Fsp3) is 0.158. The molecule has 24 heavy (non-hydrogen) atoms. The highest BCUT2D eigenvalue weighted by Crippen LogP contribution is 2.33. The Hall–Kier alpha value is -3.08. The van der Waals surface area contributed by atoms with Gasteiger partial charge < -0.3 is 9.67 Å². The summed E-state index contributed by atoms with van der Waals surface area (Å²) in [7, 11) is 4.09. The van der Waals surface area contributed by atoms with Crippen LogP contribution in [0.4, 0.5) is 0 Å². The Balaban J connectivity index is 1.85. The number of hydrogen-bond donors (Lipinski definition) is 1. The van der Waals surface area contributed by atoms with Crippen molar-refractivity contribution < 1.29 is 0 Å². The van der Waals surface area contributed by atoms with Crippen LogP contribution in [0, 0.1) is 6.92 Å². The van der Waals surface area contributed by atoms with E-state index in [0.717, 1.165) is 33.2 Å². The van der Waals surface area contributed by atoms with Crippen LogP contribution in [0.25, 0.3) is 44.1 Å². The number of aromatic nitrogens is 5. The number of hydrogen-bond acceptors (Lipinski definition) is 2. The van der Waals surface area contributed by atoms with E-state index in [2.05, 4.69) is 59.1 Å². The van der Waals surface area contributed by atoms with Crippen molar-refractivity contribution in [3.05, 3.63) is 48.4 Å². The lowest BCUT2D eigenvalue weighted by Crippen LogP contribution is -1.89. The molecule has 1 aromatic carbocycles. The lowest BCUT2D eigenvalue weighted by atomic mass is 10.1. The molecular formula is C19H17N5. The molecule has 4 heterocycles. The smallest absolute Gasteiger partial charge is 0.162 e. The molecule has 0 amide bonds. The normalized spacial score (nSPS) is 12.0. The van der Waals surface area contributed by atoms with E-state index in [1.165, 1.54) is 16.5 Å². The number of fused-ring (bicyclic) bond motifs is 4. The van der Waals surface area contributed by atoms with Gasteiger partial charge in [-0.3, -0.25) is 4.68 Å². The summed E-state index contributed by atoms with van der Waals surface area (Å²) < 4.78 is 4.17. The molecule has 5 rings (SSSR count). The maximum atomic E-state index is 4.80. The highest BCUT2D eigenvalue weighted by Gasteiger charge is 2.15. The van der Waals surface area contributed by atoms with Crippen LogP contribution in [0.2, 0.25) is 0 Å². The molecule has 0 unspecified atom stereocenters. The maximum Gasteiger partial charge on any atom is 0.162 e. The SMILES string of the molecule is Cc1ccc2c(c1)c(-c1cc3c(ncc4c[nH]n(C)c43)n1)cn2C. The Kier molecular flexibility index (Phi) is 2.49. The predicted octanol–water partition coefficient (Wildman–Crippen LogP) is 3.92. The number of aromatic amines is 1. The molecule has 5 heteroatoms. The van der Waals surface area contributed by atoms with E-state index in [4.69, 9.17) is 4.98 Å². The van der Waals surface area contributed by atoms with Gasteiger partial charge in [0.05, 0.1) is 11.2 Å². The number of aryl methyl sites for hydroxylation is 3. The van der Waals surface area contributed by atoms with Crippen LogP contribution >= 0.6 is 0 Å². The summed E-state index contributed by atoms with van der Waals surface area (Å²) >= 11 is 0. The topological polar surface area (TPSA) is 51.4 Å². The summed E-state index contributed by atoms with van der Waals surface area (Å²) in [6, 6.07) is 8.68. The first kappa shape index (κ1) is 13.4. The van der Waals surface area contributed by atoms with E-state index in [9.17, 15) is 0 Å². The van der Waals surface area contributed by atoms with Crippen molar-refractivity contribution in [3.63, 3.8) is 0 Å². The number of benzene rings is 1. The highest BCUT2D eigenvalue weighted by molar-refractivity contribution is 6.06. The molecule has 0 aliphatic heterocycles. The highest BCUT2D eigenvalue weighted by atomic mass is 15.2. The Labute approximate surface area is 138 Å². The summed E-state index contributed by atoms with van der Waals surface area (Å²) in [5.41, 5.74) is 6.52. The lowest BCUT2D eigenvalue weighted by Gasteiger charge is -1.97. The molecule has 0 atom stereocenters. The second kappa shape index (κ2) is 4.47. The third-order valence-corrected chi connectivity index (χ3v) is 4.77. The molecule has 0 aliphatic rings. The van der Waals surface area contributed by atoms with E-state index < -0.39 is 0 Å². The Morgan fingerprint density at radius 2 is 1.96 bits per heavy atom. The second-order valence-electron chi connectivity index (χ2n) is 6.45. The van der Waals surface area contributed by atoms with Crippen LogP contribution in [0.15, 0.2) is 42.9 Å². The number of nitrogens with one attached hydrogen (secondary N) is 1. The van der Waals surface area contributed by atoms with Gasteiger partial charge in [0.25, 0.3) is 0 Å². The van der Waals surface area contributed by atoms with Gasteiger partial charge in [-0.15, -0.1) is 0 Å². The minimum absolute atomic E-state index is 0.789. The van der Waals surface area contributed by atoms with Gasteiger partial charge in [-0.1, -0.05) is 11.6 Å². The first-order valence-corrected chi connectivity index (χ1v) is 7.97. The molecule has 0 radical (unpaired) electrons. The van der Waals surface area contributed by atoms with Gasteiger partial charge in [0.2, 0.25) is 0 Å². The summed E-state index contributed by atoms with van der Waals surface area (Å²) in [4.78, 5) is 9.32. The molecule has 4 aromatic heterocycles. The Morgan fingerprint density at radius 1 is 1.08 bits per heavy atom. The Bertz CT molecular complexity index is 1240. The molecule has 0 bridgehead atoms. The molecule has 0 aliphatic carbocycles. The van der Waals surface area contributed by atoms with Crippen molar-refractivity contribution in [1.82, 2.24) is 24.3 Å². The zero-order valence-electron chi connectivity index (χ0n) is 13.8. The fourth-order valence-corrected chi connectivity index (χ4v) is 3.59. The molecule has 0 saturated carbocycles. The van der Waals surface area contributed by atoms with Crippen LogP contribution in [0.5, 0.6) is 0 Å². The minimum atomic E-state index is 0.789. The van der Waals surface area contributed by atoms with Crippen molar-refractivity contribution in [2.75, 3.05) is 0 Å². The quantitative estimate of drug-likeness (QED) is 0.510. The summed E-state index contributed by atoms with van der Waals surface area (Å²) in [6.45, 7) is 2.12. The zero-order valence-corrected chi connectivity index (χ0v) is 13.8. The zero-order chi connectivity index (χ0) is 16.4. The standard InChI is InChI=1S/C19H17N5/c1-11-4-5-17-13(6-11)15(10-23(17)2)16-7-14-18-12(9-21-24(18)3)8-20-19(14)22-16/h4-10,21H,1-3H3. The maximum absolute atomic E-state index is 4.80.